The number of pyridine rings is 1. The van der Waals surface area contributed by atoms with Gasteiger partial charge in [-0.25, -0.2) is 9.37 Å². The van der Waals surface area contributed by atoms with Crippen molar-refractivity contribution in [2.45, 2.75) is 32.4 Å². The zero-order valence-corrected chi connectivity index (χ0v) is 21.4. The molecule has 3 aliphatic rings. The molecular weight excluding hydrogens is 479 g/mol. The van der Waals surface area contributed by atoms with Crippen LogP contribution in [0.25, 0.3) is 5.65 Å². The Morgan fingerprint density at radius 1 is 1.21 bits per heavy atom. The molecule has 2 aliphatic heterocycles. The summed E-state index contributed by atoms with van der Waals surface area (Å²) in [6.45, 7) is 2.85. The van der Waals surface area contributed by atoms with Crippen LogP contribution in [0.1, 0.15) is 51.9 Å². The summed E-state index contributed by atoms with van der Waals surface area (Å²) in [7, 11) is 1.58. The van der Waals surface area contributed by atoms with Gasteiger partial charge in [-0.2, -0.15) is 0 Å². The number of benzene rings is 2. The van der Waals surface area contributed by atoms with E-state index in [0.717, 1.165) is 59.5 Å². The molecule has 1 saturated carbocycles. The molecule has 2 aromatic carbocycles. The van der Waals surface area contributed by atoms with E-state index in [1.54, 1.807) is 25.4 Å². The monoisotopic (exact) mass is 508 g/mol. The van der Waals surface area contributed by atoms with Crippen molar-refractivity contribution in [1.29, 1.82) is 0 Å². The van der Waals surface area contributed by atoms with E-state index in [0.29, 0.717) is 36.7 Å². The molecule has 6 nitrogen and oxygen atoms in total. The third-order valence-corrected chi connectivity index (χ3v) is 8.64. The number of halogens is 1. The lowest BCUT2D eigenvalue weighted by Crippen LogP contribution is -2.37. The summed E-state index contributed by atoms with van der Waals surface area (Å²) < 4.78 is 22.0. The molecule has 0 radical (unpaired) electrons. The molecule has 2 fully saturated rings. The molecule has 7 rings (SSSR count). The Bertz CT molecular complexity index is 1610. The molecule has 0 N–H and O–H groups in total. The SMILES string of the molecule is COc1cccc(F)c1CN1CCC2CC2(CC(=O)c2ccc3c(c2)C(c2ccc4nccn4c2)=NC3)C1. The summed E-state index contributed by atoms with van der Waals surface area (Å²) >= 11 is 0. The zero-order valence-electron chi connectivity index (χ0n) is 21.4. The van der Waals surface area contributed by atoms with E-state index in [4.69, 9.17) is 9.73 Å². The van der Waals surface area contributed by atoms with Crippen LogP contribution < -0.4 is 4.74 Å². The van der Waals surface area contributed by atoms with Crippen LogP contribution in [-0.2, 0) is 13.1 Å². The maximum atomic E-state index is 14.6. The number of likely N-dealkylation sites (tertiary alicyclic amines) is 1. The van der Waals surface area contributed by atoms with Crippen LogP contribution in [-0.4, -0.2) is 46.0 Å². The summed E-state index contributed by atoms with van der Waals surface area (Å²) in [5, 5.41) is 0. The summed E-state index contributed by atoms with van der Waals surface area (Å²) in [4.78, 5) is 25.0. The van der Waals surface area contributed by atoms with Gasteiger partial charge in [0, 0.05) is 60.4 Å². The predicted octanol–water partition coefficient (Wildman–Crippen LogP) is 5.32. The normalized spacial score (nSPS) is 22.2. The molecule has 0 bridgehead atoms. The number of aromatic nitrogens is 2. The van der Waals surface area contributed by atoms with Crippen LogP contribution in [0.4, 0.5) is 4.39 Å². The first-order chi connectivity index (χ1) is 18.5. The lowest BCUT2D eigenvalue weighted by molar-refractivity contribution is 0.0889. The number of ether oxygens (including phenoxy) is 1. The number of methoxy groups -OCH3 is 1. The van der Waals surface area contributed by atoms with E-state index >= 15 is 0 Å². The largest absolute Gasteiger partial charge is 0.496 e. The smallest absolute Gasteiger partial charge is 0.163 e. The molecule has 1 aliphatic carbocycles. The van der Waals surface area contributed by atoms with Crippen LogP contribution >= 0.6 is 0 Å². The minimum Gasteiger partial charge on any atom is -0.496 e. The minimum absolute atomic E-state index is 0.0176. The van der Waals surface area contributed by atoms with E-state index in [1.807, 2.05) is 41.1 Å². The van der Waals surface area contributed by atoms with Crippen molar-refractivity contribution in [3.05, 3.63) is 101 Å². The highest BCUT2D eigenvalue weighted by molar-refractivity contribution is 6.16. The molecule has 4 aromatic rings. The van der Waals surface area contributed by atoms with Crippen molar-refractivity contribution in [2.75, 3.05) is 20.2 Å². The van der Waals surface area contributed by atoms with Gasteiger partial charge in [0.05, 0.1) is 19.4 Å². The summed E-state index contributed by atoms with van der Waals surface area (Å²) in [5.41, 5.74) is 6.34. The van der Waals surface area contributed by atoms with Crippen molar-refractivity contribution >= 4 is 17.1 Å². The van der Waals surface area contributed by atoms with Gasteiger partial charge in [-0.1, -0.05) is 18.2 Å². The van der Waals surface area contributed by atoms with Gasteiger partial charge in [0.25, 0.3) is 0 Å². The average molecular weight is 509 g/mol. The Morgan fingerprint density at radius 3 is 3.03 bits per heavy atom. The average Bonchev–Trinajstić information content (AvgIpc) is 3.23. The Morgan fingerprint density at radius 2 is 2.13 bits per heavy atom. The summed E-state index contributed by atoms with van der Waals surface area (Å²) in [5.74, 6) is 1.08. The van der Waals surface area contributed by atoms with Crippen molar-refractivity contribution in [3.8, 4) is 5.75 Å². The second kappa shape index (κ2) is 8.88. The molecule has 0 spiro atoms. The Kier molecular flexibility index (Phi) is 5.44. The second-order valence-corrected chi connectivity index (χ2v) is 10.9. The Labute approximate surface area is 220 Å². The number of Topliss-reactive ketones (excluding diaryl/α,β-unsaturated/α-hetero) is 1. The van der Waals surface area contributed by atoms with Crippen molar-refractivity contribution in [3.63, 3.8) is 0 Å². The van der Waals surface area contributed by atoms with Crippen LogP contribution in [0.3, 0.4) is 0 Å². The number of carbonyl (C=O) groups excluding carboxylic acids is 1. The van der Waals surface area contributed by atoms with E-state index < -0.39 is 0 Å². The molecule has 2 atom stereocenters. The van der Waals surface area contributed by atoms with Gasteiger partial charge in [-0.05, 0) is 66.6 Å². The number of imidazole rings is 1. The molecule has 192 valence electrons. The number of hydrogen-bond donors (Lipinski definition) is 0. The highest BCUT2D eigenvalue weighted by Gasteiger charge is 2.57. The van der Waals surface area contributed by atoms with Gasteiger partial charge in [0.2, 0.25) is 0 Å². The zero-order chi connectivity index (χ0) is 25.9. The van der Waals surface area contributed by atoms with Crippen LogP contribution in [0.5, 0.6) is 5.75 Å². The molecule has 1 saturated heterocycles. The number of carbonyl (C=O) groups is 1. The fourth-order valence-corrected chi connectivity index (χ4v) is 6.50. The standard InChI is InChI=1S/C31H29FN4O2/c1-38-28-4-2-3-26(32)25(28)18-35-11-9-23-14-31(23,19-35)15-27(37)20-5-6-21-16-34-30(24(21)13-20)22-7-8-29-33-10-12-36(29)17-22/h2-8,10,12-13,17,23H,9,11,14-16,18-19H2,1H3. The third kappa shape index (κ3) is 3.93. The lowest BCUT2D eigenvalue weighted by atomic mass is 9.88. The number of ketones is 1. The molecule has 0 amide bonds. The number of piperidine rings is 1. The maximum absolute atomic E-state index is 14.6. The van der Waals surface area contributed by atoms with Gasteiger partial charge in [-0.15, -0.1) is 0 Å². The first kappa shape index (κ1) is 23.3. The molecule has 7 heteroatoms. The van der Waals surface area contributed by atoms with E-state index in [1.165, 1.54) is 6.07 Å². The number of rotatable bonds is 7. The van der Waals surface area contributed by atoms with Gasteiger partial charge in [0.1, 0.15) is 17.2 Å². The van der Waals surface area contributed by atoms with Gasteiger partial charge < -0.3 is 9.14 Å². The van der Waals surface area contributed by atoms with Crippen LogP contribution in [0.2, 0.25) is 0 Å². The van der Waals surface area contributed by atoms with Gasteiger partial charge in [0.15, 0.2) is 5.78 Å². The fraction of sp³-hybridized carbons (Fsp3) is 0.323. The number of fused-ring (bicyclic) bond motifs is 3. The van der Waals surface area contributed by atoms with E-state index in [-0.39, 0.29) is 17.0 Å². The Balaban J connectivity index is 1.09. The fourth-order valence-electron chi connectivity index (χ4n) is 6.50. The van der Waals surface area contributed by atoms with Crippen LogP contribution in [0.15, 0.2) is 72.1 Å². The summed E-state index contributed by atoms with van der Waals surface area (Å²) in [6, 6.07) is 15.0. The number of aliphatic imine (C=N–C) groups is 1. The maximum Gasteiger partial charge on any atom is 0.163 e. The molecule has 38 heavy (non-hydrogen) atoms. The van der Waals surface area contributed by atoms with E-state index in [9.17, 15) is 9.18 Å². The molecule has 2 aromatic heterocycles. The predicted molar refractivity (Wildman–Crippen MR) is 143 cm³/mol. The first-order valence-corrected chi connectivity index (χ1v) is 13.2. The van der Waals surface area contributed by atoms with Crippen LogP contribution in [0, 0.1) is 17.2 Å². The number of nitrogens with zero attached hydrogens (tertiary/aromatic N) is 4. The van der Waals surface area contributed by atoms with Gasteiger partial charge >= 0.3 is 0 Å². The topological polar surface area (TPSA) is 59.2 Å². The lowest BCUT2D eigenvalue weighted by Gasteiger charge is -2.33. The second-order valence-electron chi connectivity index (χ2n) is 10.9. The number of hydrogen-bond acceptors (Lipinski definition) is 5. The molecule has 4 heterocycles. The van der Waals surface area contributed by atoms with Crippen molar-refractivity contribution in [1.82, 2.24) is 14.3 Å². The quantitative estimate of drug-likeness (QED) is 0.317. The third-order valence-electron chi connectivity index (χ3n) is 8.64. The van der Waals surface area contributed by atoms with Crippen molar-refractivity contribution < 1.29 is 13.9 Å². The Hall–Kier alpha value is -3.84. The molecular formula is C31H29FN4O2. The summed E-state index contributed by atoms with van der Waals surface area (Å²) in [6.07, 6.45) is 8.38. The minimum atomic E-state index is -0.241. The highest BCUT2D eigenvalue weighted by atomic mass is 19.1. The first-order valence-electron chi connectivity index (χ1n) is 13.2. The van der Waals surface area contributed by atoms with Crippen molar-refractivity contribution in [2.24, 2.45) is 16.3 Å². The molecule has 2 unspecified atom stereocenters. The highest BCUT2D eigenvalue weighted by Crippen LogP contribution is 2.60. The van der Waals surface area contributed by atoms with E-state index in [2.05, 4.69) is 16.0 Å². The van der Waals surface area contributed by atoms with Gasteiger partial charge in [-0.3, -0.25) is 14.7 Å².